The molecule has 0 N–H and O–H groups in total. The van der Waals surface area contributed by atoms with E-state index in [0.717, 1.165) is 6.42 Å². The molecule has 0 unspecified atom stereocenters. The van der Waals surface area contributed by atoms with Crippen LogP contribution in [0.4, 0.5) is 5.69 Å². The summed E-state index contributed by atoms with van der Waals surface area (Å²) in [5.74, 6) is 1.29. The van der Waals surface area contributed by atoms with E-state index in [4.69, 9.17) is 21.4 Å². The maximum Gasteiger partial charge on any atom is 0.270 e. The number of fused-ring (bicyclic) bond motifs is 3. The first kappa shape index (κ1) is 20.7. The van der Waals surface area contributed by atoms with Gasteiger partial charge in [0.2, 0.25) is 0 Å². The highest BCUT2D eigenvalue weighted by Gasteiger charge is 2.25. The average Bonchev–Trinajstić information content (AvgIpc) is 3.09. The van der Waals surface area contributed by atoms with E-state index in [1.807, 2.05) is 29.7 Å². The van der Waals surface area contributed by atoms with Gasteiger partial charge in [-0.1, -0.05) is 41.9 Å². The Morgan fingerprint density at radius 2 is 2.10 bits per heavy atom. The third-order valence-corrected chi connectivity index (χ3v) is 5.07. The van der Waals surface area contributed by atoms with Gasteiger partial charge >= 0.3 is 0 Å². The topological polar surface area (TPSA) is 108 Å². The molecule has 0 radical (unpaired) electrons. The van der Waals surface area contributed by atoms with E-state index in [1.54, 1.807) is 18.3 Å². The fourth-order valence-electron chi connectivity index (χ4n) is 3.35. The fourth-order valence-corrected chi connectivity index (χ4v) is 3.58. The largest absolute Gasteiger partial charge is 0.396 e. The van der Waals surface area contributed by atoms with E-state index in [2.05, 4.69) is 15.4 Å². The highest BCUT2D eigenvalue weighted by atomic mass is 35.5. The molecule has 31 heavy (non-hydrogen) atoms. The number of nitro groups is 1. The molecule has 0 aliphatic carbocycles. The molecule has 0 saturated heterocycles. The summed E-state index contributed by atoms with van der Waals surface area (Å²) in [5, 5.41) is 24.4. The molecule has 0 bridgehead atoms. The summed E-state index contributed by atoms with van der Waals surface area (Å²) >= 11 is 6.43. The molecule has 0 saturated carbocycles. The summed E-state index contributed by atoms with van der Waals surface area (Å²) < 4.78 is 1.87. The molecule has 10 heteroatoms. The highest BCUT2D eigenvalue weighted by molar-refractivity contribution is 6.35. The molecule has 3 aromatic rings. The molecule has 158 valence electrons. The average molecular weight is 439 g/mol. The first-order valence-corrected chi connectivity index (χ1v) is 10.1. The van der Waals surface area contributed by atoms with Gasteiger partial charge in [0, 0.05) is 40.9 Å². The number of rotatable bonds is 7. The van der Waals surface area contributed by atoms with Crippen molar-refractivity contribution in [2.24, 2.45) is 10.1 Å². The van der Waals surface area contributed by atoms with Crippen molar-refractivity contribution < 1.29 is 9.76 Å². The number of halogens is 1. The van der Waals surface area contributed by atoms with E-state index < -0.39 is 4.92 Å². The summed E-state index contributed by atoms with van der Waals surface area (Å²) in [5.41, 5.74) is 2.53. The number of benzene rings is 2. The minimum atomic E-state index is -0.428. The third kappa shape index (κ3) is 4.17. The van der Waals surface area contributed by atoms with Crippen molar-refractivity contribution >= 4 is 29.2 Å². The van der Waals surface area contributed by atoms with Gasteiger partial charge in [0.05, 0.1) is 16.3 Å². The Balaban J connectivity index is 1.81. The summed E-state index contributed by atoms with van der Waals surface area (Å²) in [6.45, 7) is 2.55. The predicted molar refractivity (Wildman–Crippen MR) is 117 cm³/mol. The molecular weight excluding hydrogens is 420 g/mol. The van der Waals surface area contributed by atoms with Crippen molar-refractivity contribution in [3.05, 3.63) is 80.4 Å². The van der Waals surface area contributed by atoms with Crippen LogP contribution in [0.1, 0.15) is 36.1 Å². The quantitative estimate of drug-likeness (QED) is 0.238. The van der Waals surface area contributed by atoms with E-state index in [0.29, 0.717) is 52.2 Å². The van der Waals surface area contributed by atoms with Crippen molar-refractivity contribution in [3.63, 3.8) is 0 Å². The molecule has 9 nitrogen and oxygen atoms in total. The third-order valence-electron chi connectivity index (χ3n) is 4.74. The summed E-state index contributed by atoms with van der Waals surface area (Å²) in [4.78, 5) is 21.0. The van der Waals surface area contributed by atoms with Crippen molar-refractivity contribution in [1.29, 1.82) is 0 Å². The van der Waals surface area contributed by atoms with Crippen LogP contribution < -0.4 is 0 Å². The summed E-state index contributed by atoms with van der Waals surface area (Å²) in [7, 11) is 0. The summed E-state index contributed by atoms with van der Waals surface area (Å²) in [6.07, 6.45) is 2.93. The van der Waals surface area contributed by atoms with Crippen molar-refractivity contribution in [2.45, 2.75) is 26.3 Å². The Bertz CT molecular complexity index is 1190. The smallest absolute Gasteiger partial charge is 0.270 e. The Morgan fingerprint density at radius 3 is 2.87 bits per heavy atom. The standard InChI is InChI=1S/C21H19ClN6O3/c1-2-10-24-31-11-9-19-25-26-20-13-23-21(15-5-3-4-6-17(15)22)16-12-14(28(29)30)7-8-18(16)27(19)20/h3-8,10,12H,2,9,11,13H2,1H3. The van der Waals surface area contributed by atoms with Gasteiger partial charge in [-0.05, 0) is 18.6 Å². The van der Waals surface area contributed by atoms with Crippen LogP contribution in [-0.4, -0.2) is 38.2 Å². The van der Waals surface area contributed by atoms with Crippen LogP contribution in [0, 0.1) is 10.1 Å². The lowest BCUT2D eigenvalue weighted by molar-refractivity contribution is -0.384. The molecule has 0 atom stereocenters. The van der Waals surface area contributed by atoms with Gasteiger partial charge in [-0.25, -0.2) is 0 Å². The molecule has 4 rings (SSSR count). The van der Waals surface area contributed by atoms with Crippen LogP contribution in [-0.2, 0) is 17.8 Å². The Labute approximate surface area is 183 Å². The number of hydrogen-bond donors (Lipinski definition) is 0. The van der Waals surface area contributed by atoms with E-state index in [9.17, 15) is 10.1 Å². The molecule has 1 aliphatic rings. The van der Waals surface area contributed by atoms with Crippen LogP contribution in [0.2, 0.25) is 5.02 Å². The highest BCUT2D eigenvalue weighted by Crippen LogP contribution is 2.31. The lowest BCUT2D eigenvalue weighted by Gasteiger charge is -2.14. The molecular formula is C21H19ClN6O3. The fraction of sp³-hybridized carbons (Fsp3) is 0.238. The van der Waals surface area contributed by atoms with Crippen LogP contribution in [0.3, 0.4) is 0 Å². The second-order valence-corrected chi connectivity index (χ2v) is 7.16. The first-order chi connectivity index (χ1) is 15.1. The lowest BCUT2D eigenvalue weighted by Crippen LogP contribution is -2.11. The number of nitro benzene ring substituents is 1. The molecule has 0 fully saturated rings. The minimum absolute atomic E-state index is 0.0335. The van der Waals surface area contributed by atoms with Crippen molar-refractivity contribution in [1.82, 2.24) is 14.8 Å². The van der Waals surface area contributed by atoms with Gasteiger partial charge in [-0.15, -0.1) is 10.2 Å². The summed E-state index contributed by atoms with van der Waals surface area (Å²) in [6, 6.07) is 12.0. The number of aliphatic imine (C=N–C) groups is 1. The number of hydrogen-bond acceptors (Lipinski definition) is 7. The zero-order chi connectivity index (χ0) is 21.8. The number of nitrogens with zero attached hydrogens (tertiary/aromatic N) is 6. The molecule has 0 spiro atoms. The molecule has 1 aromatic heterocycles. The Kier molecular flexibility index (Phi) is 6.03. The van der Waals surface area contributed by atoms with Crippen LogP contribution in [0.15, 0.2) is 52.6 Å². The van der Waals surface area contributed by atoms with Gasteiger partial charge < -0.3 is 4.84 Å². The molecule has 0 amide bonds. The van der Waals surface area contributed by atoms with E-state index >= 15 is 0 Å². The van der Waals surface area contributed by atoms with Crippen LogP contribution in [0.25, 0.3) is 5.69 Å². The Hall–Kier alpha value is -3.59. The van der Waals surface area contributed by atoms with Crippen molar-refractivity contribution in [2.75, 3.05) is 6.61 Å². The van der Waals surface area contributed by atoms with Gasteiger partial charge in [0.1, 0.15) is 19.0 Å². The van der Waals surface area contributed by atoms with Gasteiger partial charge in [-0.2, -0.15) is 0 Å². The van der Waals surface area contributed by atoms with Gasteiger partial charge in [-0.3, -0.25) is 19.7 Å². The first-order valence-electron chi connectivity index (χ1n) is 9.75. The second kappa shape index (κ2) is 9.05. The maximum absolute atomic E-state index is 11.5. The lowest BCUT2D eigenvalue weighted by atomic mass is 9.99. The van der Waals surface area contributed by atoms with Gasteiger partial charge in [0.25, 0.3) is 5.69 Å². The van der Waals surface area contributed by atoms with E-state index in [-0.39, 0.29) is 12.2 Å². The van der Waals surface area contributed by atoms with Crippen LogP contribution in [0.5, 0.6) is 0 Å². The van der Waals surface area contributed by atoms with Crippen molar-refractivity contribution in [3.8, 4) is 5.69 Å². The monoisotopic (exact) mass is 438 g/mol. The molecule has 1 aliphatic heterocycles. The van der Waals surface area contributed by atoms with E-state index in [1.165, 1.54) is 12.1 Å². The predicted octanol–water partition coefficient (Wildman–Crippen LogP) is 4.13. The zero-order valence-electron chi connectivity index (χ0n) is 16.7. The minimum Gasteiger partial charge on any atom is -0.396 e. The second-order valence-electron chi connectivity index (χ2n) is 6.75. The van der Waals surface area contributed by atoms with Gasteiger partial charge in [0.15, 0.2) is 5.82 Å². The SMILES string of the molecule is CCC=NOCCc1nnc2n1-c1ccc([N+](=O)[O-])cc1C(c1ccccc1Cl)=NC2. The molecule has 2 aromatic carbocycles. The molecule has 2 heterocycles. The number of non-ortho nitro benzene ring substituents is 1. The maximum atomic E-state index is 11.5. The van der Waals surface area contributed by atoms with Crippen LogP contribution >= 0.6 is 11.6 Å². The number of aromatic nitrogens is 3. The normalized spacial score (nSPS) is 12.8. The zero-order valence-corrected chi connectivity index (χ0v) is 17.5. The number of oxime groups is 1. The Morgan fingerprint density at radius 1 is 1.26 bits per heavy atom.